The molecule has 0 atom stereocenters. The lowest BCUT2D eigenvalue weighted by Crippen LogP contribution is -2.49. The molecule has 150 valence electrons. The number of methoxy groups -OCH3 is 1. The minimum atomic E-state index is -0.622. The number of hydrogen-bond acceptors (Lipinski definition) is 5. The van der Waals surface area contributed by atoms with Crippen LogP contribution in [0.4, 0.5) is 4.79 Å². The average Bonchev–Trinajstić information content (AvgIpc) is 2.61. The molecule has 1 saturated heterocycles. The maximum Gasteiger partial charge on any atom is 0.410 e. The monoisotopic (exact) mass is 377 g/mol. The molecule has 27 heavy (non-hydrogen) atoms. The molecule has 1 aromatic carbocycles. The summed E-state index contributed by atoms with van der Waals surface area (Å²) in [5.41, 5.74) is -0.103. The molecule has 1 fully saturated rings. The molecule has 1 aromatic rings. The minimum Gasteiger partial charge on any atom is -0.497 e. The second-order valence-corrected chi connectivity index (χ2v) is 7.99. The van der Waals surface area contributed by atoms with Gasteiger partial charge in [0.1, 0.15) is 11.4 Å². The van der Waals surface area contributed by atoms with Crippen molar-refractivity contribution >= 4 is 12.1 Å². The quantitative estimate of drug-likeness (QED) is 0.730. The zero-order valence-electron chi connectivity index (χ0n) is 17.0. The van der Waals surface area contributed by atoms with E-state index in [9.17, 15) is 9.59 Å². The Bertz CT molecular complexity index is 640. The SMILES string of the molecule is CCOC(=O)C1(Cc2ccc(OC)cc2)CCN(C(=O)OC(C)(C)C)CC1. The van der Waals surface area contributed by atoms with Crippen LogP contribution in [0.25, 0.3) is 0 Å². The third-order valence-electron chi connectivity index (χ3n) is 4.78. The molecule has 0 saturated carbocycles. The number of carbonyl (C=O) groups is 2. The van der Waals surface area contributed by atoms with Gasteiger partial charge in [0.2, 0.25) is 0 Å². The Morgan fingerprint density at radius 1 is 1.11 bits per heavy atom. The molecule has 0 bridgehead atoms. The van der Waals surface area contributed by atoms with Crippen LogP contribution in [0.2, 0.25) is 0 Å². The van der Waals surface area contributed by atoms with Crippen LogP contribution in [0.3, 0.4) is 0 Å². The summed E-state index contributed by atoms with van der Waals surface area (Å²) >= 11 is 0. The van der Waals surface area contributed by atoms with Crippen LogP contribution >= 0.6 is 0 Å². The van der Waals surface area contributed by atoms with Crippen LogP contribution in [-0.2, 0) is 20.7 Å². The van der Waals surface area contributed by atoms with Crippen molar-refractivity contribution in [1.29, 1.82) is 0 Å². The van der Waals surface area contributed by atoms with E-state index in [1.807, 2.05) is 52.0 Å². The van der Waals surface area contributed by atoms with Gasteiger partial charge in [0.15, 0.2) is 0 Å². The van der Waals surface area contributed by atoms with Gasteiger partial charge >= 0.3 is 12.1 Å². The fourth-order valence-corrected chi connectivity index (χ4v) is 3.32. The van der Waals surface area contributed by atoms with Crippen molar-refractivity contribution in [3.05, 3.63) is 29.8 Å². The number of rotatable bonds is 5. The summed E-state index contributed by atoms with van der Waals surface area (Å²) in [7, 11) is 1.63. The van der Waals surface area contributed by atoms with E-state index >= 15 is 0 Å². The Kier molecular flexibility index (Phi) is 6.73. The highest BCUT2D eigenvalue weighted by Gasteiger charge is 2.44. The second-order valence-electron chi connectivity index (χ2n) is 7.99. The number of piperidine rings is 1. The normalized spacial score (nSPS) is 16.6. The summed E-state index contributed by atoms with van der Waals surface area (Å²) in [6.07, 6.45) is 1.36. The van der Waals surface area contributed by atoms with Crippen molar-refractivity contribution in [3.63, 3.8) is 0 Å². The fourth-order valence-electron chi connectivity index (χ4n) is 3.32. The van der Waals surface area contributed by atoms with Gasteiger partial charge in [-0.2, -0.15) is 0 Å². The highest BCUT2D eigenvalue weighted by molar-refractivity contribution is 5.78. The lowest BCUT2D eigenvalue weighted by atomic mass is 9.73. The molecule has 0 radical (unpaired) electrons. The fraction of sp³-hybridized carbons (Fsp3) is 0.619. The summed E-state index contributed by atoms with van der Waals surface area (Å²) in [6, 6.07) is 7.73. The highest BCUT2D eigenvalue weighted by Crippen LogP contribution is 2.37. The van der Waals surface area contributed by atoms with E-state index in [-0.39, 0.29) is 12.1 Å². The Labute approximate surface area is 161 Å². The molecule has 6 nitrogen and oxygen atoms in total. The van der Waals surface area contributed by atoms with Gasteiger partial charge in [-0.1, -0.05) is 12.1 Å². The van der Waals surface area contributed by atoms with Gasteiger partial charge in [-0.15, -0.1) is 0 Å². The Hall–Kier alpha value is -2.24. The lowest BCUT2D eigenvalue weighted by Gasteiger charge is -2.40. The van der Waals surface area contributed by atoms with Crippen LogP contribution in [0, 0.1) is 5.41 Å². The van der Waals surface area contributed by atoms with Gasteiger partial charge in [-0.3, -0.25) is 4.79 Å². The molecule has 1 amide bonds. The van der Waals surface area contributed by atoms with Gasteiger partial charge in [0, 0.05) is 13.1 Å². The lowest BCUT2D eigenvalue weighted by molar-refractivity contribution is -0.158. The first-order valence-corrected chi connectivity index (χ1v) is 9.47. The van der Waals surface area contributed by atoms with E-state index in [1.165, 1.54) is 0 Å². The molecule has 0 N–H and O–H groups in total. The summed E-state index contributed by atoms with van der Waals surface area (Å²) in [5.74, 6) is 0.591. The van der Waals surface area contributed by atoms with Crippen molar-refractivity contribution < 1.29 is 23.8 Å². The standard InChI is InChI=1S/C21H31NO5/c1-6-26-18(23)21(15-16-7-9-17(25-5)10-8-16)11-13-22(14-12-21)19(24)27-20(2,3)4/h7-10H,6,11-15H2,1-5H3. The summed E-state index contributed by atoms with van der Waals surface area (Å²) in [6.45, 7) is 8.66. The number of carbonyl (C=O) groups excluding carboxylic acids is 2. The zero-order chi connectivity index (χ0) is 20.1. The molecule has 0 aromatic heterocycles. The number of amides is 1. The van der Waals surface area contributed by atoms with Crippen LogP contribution in [0.15, 0.2) is 24.3 Å². The smallest absolute Gasteiger partial charge is 0.410 e. The number of ether oxygens (including phenoxy) is 3. The van der Waals surface area contributed by atoms with Gasteiger partial charge in [-0.25, -0.2) is 4.79 Å². The molecule has 0 aliphatic carbocycles. The molecule has 1 aliphatic rings. The van der Waals surface area contributed by atoms with E-state index in [1.54, 1.807) is 12.0 Å². The van der Waals surface area contributed by atoms with Crippen molar-refractivity contribution in [2.45, 2.75) is 52.6 Å². The van der Waals surface area contributed by atoms with E-state index in [0.29, 0.717) is 39.0 Å². The average molecular weight is 377 g/mol. The van der Waals surface area contributed by atoms with Crippen molar-refractivity contribution in [1.82, 2.24) is 4.90 Å². The molecular formula is C21H31NO5. The summed E-state index contributed by atoms with van der Waals surface area (Å²) in [5, 5.41) is 0. The molecule has 1 aliphatic heterocycles. The number of benzene rings is 1. The number of hydrogen-bond donors (Lipinski definition) is 0. The Morgan fingerprint density at radius 3 is 2.19 bits per heavy atom. The summed E-state index contributed by atoms with van der Waals surface area (Å²) in [4.78, 5) is 26.8. The van der Waals surface area contributed by atoms with E-state index in [0.717, 1.165) is 11.3 Å². The molecule has 6 heteroatoms. The van der Waals surface area contributed by atoms with Crippen molar-refractivity contribution in [2.24, 2.45) is 5.41 Å². The third-order valence-corrected chi connectivity index (χ3v) is 4.78. The first-order chi connectivity index (χ1) is 12.7. The Balaban J connectivity index is 2.11. The van der Waals surface area contributed by atoms with Crippen molar-refractivity contribution in [2.75, 3.05) is 26.8 Å². The van der Waals surface area contributed by atoms with Crippen LogP contribution in [-0.4, -0.2) is 49.4 Å². The molecule has 0 spiro atoms. The van der Waals surface area contributed by atoms with E-state index in [4.69, 9.17) is 14.2 Å². The minimum absolute atomic E-state index is 0.190. The Morgan fingerprint density at radius 2 is 1.70 bits per heavy atom. The topological polar surface area (TPSA) is 65.1 Å². The van der Waals surface area contributed by atoms with E-state index in [2.05, 4.69) is 0 Å². The maximum atomic E-state index is 12.8. The largest absolute Gasteiger partial charge is 0.497 e. The van der Waals surface area contributed by atoms with Gasteiger partial charge in [0.05, 0.1) is 19.1 Å². The predicted molar refractivity (Wildman–Crippen MR) is 103 cm³/mol. The van der Waals surface area contributed by atoms with Gasteiger partial charge in [-0.05, 0) is 64.7 Å². The zero-order valence-corrected chi connectivity index (χ0v) is 17.0. The molecule has 2 rings (SSSR count). The second kappa shape index (κ2) is 8.63. The van der Waals surface area contributed by atoms with Gasteiger partial charge < -0.3 is 19.1 Å². The highest BCUT2D eigenvalue weighted by atomic mass is 16.6. The first-order valence-electron chi connectivity index (χ1n) is 9.47. The van der Waals surface area contributed by atoms with Crippen LogP contribution < -0.4 is 4.74 Å². The van der Waals surface area contributed by atoms with Gasteiger partial charge in [0.25, 0.3) is 0 Å². The van der Waals surface area contributed by atoms with E-state index < -0.39 is 11.0 Å². The van der Waals surface area contributed by atoms with Crippen LogP contribution in [0.1, 0.15) is 46.1 Å². The summed E-state index contributed by atoms with van der Waals surface area (Å²) < 4.78 is 16.0. The molecule has 0 unspecified atom stereocenters. The number of likely N-dealkylation sites (tertiary alicyclic amines) is 1. The first kappa shape index (κ1) is 21.1. The van der Waals surface area contributed by atoms with Crippen LogP contribution in [0.5, 0.6) is 5.75 Å². The number of nitrogens with zero attached hydrogens (tertiary/aromatic N) is 1. The maximum absolute atomic E-state index is 12.8. The van der Waals surface area contributed by atoms with Crippen molar-refractivity contribution in [3.8, 4) is 5.75 Å². The molecule has 1 heterocycles. The third kappa shape index (κ3) is 5.62. The number of esters is 1. The molecular weight excluding hydrogens is 346 g/mol. The predicted octanol–water partition coefficient (Wildman–Crippen LogP) is 3.82.